The van der Waals surface area contributed by atoms with E-state index in [-0.39, 0.29) is 11.3 Å². The van der Waals surface area contributed by atoms with Crippen LogP contribution in [-0.2, 0) is 19.2 Å². The van der Waals surface area contributed by atoms with Gasteiger partial charge in [-0.3, -0.25) is 28.9 Å². The Labute approximate surface area is 183 Å². The molecular weight excluding hydrogens is 420 g/mol. The van der Waals surface area contributed by atoms with Crippen molar-refractivity contribution in [1.82, 2.24) is 4.90 Å². The van der Waals surface area contributed by atoms with E-state index in [2.05, 4.69) is 0 Å². The molecule has 2 fully saturated rings. The molecule has 10 heteroatoms. The Morgan fingerprint density at radius 3 is 2.31 bits per heavy atom. The Hall–Kier alpha value is -2.95. The lowest BCUT2D eigenvalue weighted by molar-refractivity contribution is -0.196. The molecule has 3 aliphatic carbocycles. The second-order valence-electron chi connectivity index (χ2n) is 9.11. The molecule has 3 aliphatic rings. The molecule has 4 rings (SSSR count). The normalized spacial score (nSPS) is 38.9. The van der Waals surface area contributed by atoms with E-state index in [0.717, 1.165) is 0 Å². The summed E-state index contributed by atoms with van der Waals surface area (Å²) in [6, 6.07) is 3.03. The van der Waals surface area contributed by atoms with Gasteiger partial charge in [0.2, 0.25) is 5.91 Å². The van der Waals surface area contributed by atoms with Crippen molar-refractivity contribution in [2.24, 2.45) is 29.4 Å². The summed E-state index contributed by atoms with van der Waals surface area (Å²) < 4.78 is 0. The maximum Gasteiger partial charge on any atom is 0.235 e. The number of Topliss-reactive ketones (excluding diaryl/α,β-unsaturated/α-hetero) is 4. The van der Waals surface area contributed by atoms with E-state index in [1.54, 1.807) is 13.0 Å². The average molecular weight is 444 g/mol. The van der Waals surface area contributed by atoms with E-state index in [1.165, 1.54) is 31.1 Å². The van der Waals surface area contributed by atoms with Gasteiger partial charge in [-0.15, -0.1) is 0 Å². The molecule has 0 saturated heterocycles. The number of benzene rings is 1. The van der Waals surface area contributed by atoms with Gasteiger partial charge in [-0.05, 0) is 31.6 Å². The minimum atomic E-state index is -2.97. The van der Waals surface area contributed by atoms with Crippen LogP contribution in [0, 0.1) is 23.7 Å². The molecule has 8 unspecified atom stereocenters. The van der Waals surface area contributed by atoms with E-state index in [0.29, 0.717) is 5.56 Å². The summed E-state index contributed by atoms with van der Waals surface area (Å²) in [4.78, 5) is 66.3. The fourth-order valence-corrected chi connectivity index (χ4v) is 5.95. The number of aliphatic hydroxyl groups excluding tert-OH is 1. The number of rotatable bonds is 2. The predicted octanol–water partition coefficient (Wildman–Crippen LogP) is -1.60. The SMILES string of the molecule is CC1c2cccc(O)c2C(=O)C2C(=O)C3(O)C(=O)C(C(N)=O)C(=O)C(N(C)C)C3C(O)C21. The van der Waals surface area contributed by atoms with Gasteiger partial charge >= 0.3 is 0 Å². The van der Waals surface area contributed by atoms with Crippen LogP contribution in [-0.4, -0.2) is 81.1 Å². The van der Waals surface area contributed by atoms with Crippen molar-refractivity contribution in [2.75, 3.05) is 14.1 Å². The summed E-state index contributed by atoms with van der Waals surface area (Å²) in [6.07, 6.45) is -1.62. The van der Waals surface area contributed by atoms with Gasteiger partial charge in [-0.1, -0.05) is 19.1 Å². The fraction of sp³-hybridized carbons (Fsp3) is 0.500. The number of phenolic OH excluding ortho intramolecular Hbond substituents is 1. The maximum atomic E-state index is 13.6. The van der Waals surface area contributed by atoms with Gasteiger partial charge in [-0.2, -0.15) is 0 Å². The van der Waals surface area contributed by atoms with Crippen molar-refractivity contribution in [3.63, 3.8) is 0 Å². The lowest BCUT2D eigenvalue weighted by Gasteiger charge is -2.55. The molecule has 32 heavy (non-hydrogen) atoms. The molecule has 2 saturated carbocycles. The third-order valence-electron chi connectivity index (χ3n) is 7.35. The number of fused-ring (bicyclic) bond motifs is 3. The molecule has 170 valence electrons. The van der Waals surface area contributed by atoms with Crippen molar-refractivity contribution < 1.29 is 39.3 Å². The molecule has 1 amide bonds. The van der Waals surface area contributed by atoms with E-state index >= 15 is 0 Å². The maximum absolute atomic E-state index is 13.6. The van der Waals surface area contributed by atoms with Gasteiger partial charge in [0, 0.05) is 5.92 Å². The molecule has 1 aromatic rings. The number of aliphatic hydroxyl groups is 2. The van der Waals surface area contributed by atoms with E-state index in [9.17, 15) is 39.3 Å². The molecule has 0 bridgehead atoms. The van der Waals surface area contributed by atoms with Gasteiger partial charge in [0.05, 0.1) is 29.5 Å². The van der Waals surface area contributed by atoms with Crippen LogP contribution in [0.15, 0.2) is 18.2 Å². The van der Waals surface area contributed by atoms with Crippen LogP contribution in [0.4, 0.5) is 0 Å². The monoisotopic (exact) mass is 444 g/mol. The van der Waals surface area contributed by atoms with Crippen LogP contribution in [0.3, 0.4) is 0 Å². The molecule has 1 aromatic carbocycles. The summed E-state index contributed by atoms with van der Waals surface area (Å²) >= 11 is 0. The fourth-order valence-electron chi connectivity index (χ4n) is 5.95. The highest BCUT2D eigenvalue weighted by Crippen LogP contribution is 2.54. The number of aromatic hydroxyl groups is 1. The number of nitrogens with two attached hydrogens (primary N) is 1. The first-order valence-corrected chi connectivity index (χ1v) is 10.2. The van der Waals surface area contributed by atoms with Crippen molar-refractivity contribution >= 4 is 29.0 Å². The van der Waals surface area contributed by atoms with Crippen LogP contribution in [0.25, 0.3) is 0 Å². The number of likely N-dealkylation sites (N-methyl/N-ethyl adjacent to an activating group) is 1. The van der Waals surface area contributed by atoms with Crippen LogP contribution in [0.2, 0.25) is 0 Å². The number of hydrogen-bond acceptors (Lipinski definition) is 9. The lowest BCUT2D eigenvalue weighted by atomic mass is 9.49. The summed E-state index contributed by atoms with van der Waals surface area (Å²) in [5.41, 5.74) is 2.58. The number of primary amides is 1. The Morgan fingerprint density at radius 2 is 1.75 bits per heavy atom. The number of amides is 1. The van der Waals surface area contributed by atoms with Gasteiger partial charge in [0.25, 0.3) is 0 Å². The Balaban J connectivity index is 1.96. The Bertz CT molecular complexity index is 1080. The quantitative estimate of drug-likeness (QED) is 0.391. The molecule has 0 spiro atoms. The predicted molar refractivity (Wildman–Crippen MR) is 107 cm³/mol. The summed E-state index contributed by atoms with van der Waals surface area (Å²) in [5.74, 6) is -13.1. The molecule has 8 atom stereocenters. The minimum Gasteiger partial charge on any atom is -0.507 e. The van der Waals surface area contributed by atoms with Gasteiger partial charge in [0.1, 0.15) is 5.75 Å². The zero-order valence-electron chi connectivity index (χ0n) is 17.7. The topological polar surface area (TPSA) is 175 Å². The average Bonchev–Trinajstić information content (AvgIpc) is 2.70. The standard InChI is InChI=1S/C22H24N2O8/c1-7-8-5-4-6-9(25)11(8)16(26)12-10(7)17(27)14-15(24(2)3)18(28)13(21(23)31)20(30)22(14,32)19(12)29/h4-7,10,12-15,17,25,27,32H,1-3H3,(H2,23,31). The van der Waals surface area contributed by atoms with Crippen LogP contribution < -0.4 is 5.73 Å². The number of nitrogens with zero attached hydrogens (tertiary/aromatic N) is 1. The second-order valence-corrected chi connectivity index (χ2v) is 9.11. The summed E-state index contributed by atoms with van der Waals surface area (Å²) in [7, 11) is 2.89. The number of ketones is 4. The molecule has 0 heterocycles. The third-order valence-corrected chi connectivity index (χ3v) is 7.35. The number of hydrogen-bond donors (Lipinski definition) is 4. The van der Waals surface area contributed by atoms with Gasteiger partial charge in [-0.25, -0.2) is 0 Å². The molecule has 0 aromatic heterocycles. The van der Waals surface area contributed by atoms with Gasteiger partial charge in [0.15, 0.2) is 34.7 Å². The number of phenols is 1. The van der Waals surface area contributed by atoms with E-state index in [4.69, 9.17) is 5.73 Å². The van der Waals surface area contributed by atoms with Crippen molar-refractivity contribution in [3.05, 3.63) is 29.3 Å². The number of carbonyl (C=O) groups is 5. The van der Waals surface area contributed by atoms with E-state index < -0.39 is 76.4 Å². The second kappa shape index (κ2) is 7.03. The third kappa shape index (κ3) is 2.54. The van der Waals surface area contributed by atoms with Crippen molar-refractivity contribution in [3.8, 4) is 5.75 Å². The highest BCUT2D eigenvalue weighted by Gasteiger charge is 2.72. The smallest absolute Gasteiger partial charge is 0.235 e. The largest absolute Gasteiger partial charge is 0.507 e. The van der Waals surface area contributed by atoms with Gasteiger partial charge < -0.3 is 21.1 Å². The Morgan fingerprint density at radius 1 is 1.12 bits per heavy atom. The number of carbonyl (C=O) groups excluding carboxylic acids is 5. The molecule has 0 aliphatic heterocycles. The van der Waals surface area contributed by atoms with Crippen LogP contribution >= 0.6 is 0 Å². The zero-order chi connectivity index (χ0) is 23.9. The zero-order valence-corrected chi connectivity index (χ0v) is 17.7. The molecule has 5 N–H and O–H groups in total. The summed E-state index contributed by atoms with van der Waals surface area (Å²) in [6.45, 7) is 1.66. The van der Waals surface area contributed by atoms with E-state index in [1.807, 2.05) is 0 Å². The first-order chi connectivity index (χ1) is 14.9. The first-order valence-electron chi connectivity index (χ1n) is 10.2. The minimum absolute atomic E-state index is 0.112. The first kappa shape index (κ1) is 22.3. The van der Waals surface area contributed by atoms with Crippen molar-refractivity contribution in [2.45, 2.75) is 30.6 Å². The molecule has 10 nitrogen and oxygen atoms in total. The highest BCUT2D eigenvalue weighted by molar-refractivity contribution is 6.32. The van der Waals surface area contributed by atoms with Crippen molar-refractivity contribution in [1.29, 1.82) is 0 Å². The Kier molecular flexibility index (Phi) is 4.89. The van der Waals surface area contributed by atoms with Crippen LogP contribution in [0.5, 0.6) is 5.75 Å². The highest BCUT2D eigenvalue weighted by atomic mass is 16.3. The molecule has 0 radical (unpaired) electrons. The molecular formula is C22H24N2O8. The summed E-state index contributed by atoms with van der Waals surface area (Å²) in [5, 5.41) is 33.1. The van der Waals surface area contributed by atoms with Crippen LogP contribution in [0.1, 0.15) is 28.8 Å². The lowest BCUT2D eigenvalue weighted by Crippen LogP contribution is -2.77.